The fourth-order valence-electron chi connectivity index (χ4n) is 4.58. The van der Waals surface area contributed by atoms with E-state index in [4.69, 9.17) is 0 Å². The molecule has 0 bridgehead atoms. The minimum Gasteiger partial charge on any atom is -0.370 e. The van der Waals surface area contributed by atoms with Crippen LogP contribution in [0.4, 0.5) is 5.69 Å². The quantitative estimate of drug-likeness (QED) is 0.701. The fraction of sp³-hybridized carbons (Fsp3) is 0.478. The van der Waals surface area contributed by atoms with E-state index in [2.05, 4.69) is 56.6 Å². The highest BCUT2D eigenvalue weighted by Crippen LogP contribution is 2.30. The van der Waals surface area contributed by atoms with Crippen molar-refractivity contribution in [3.05, 3.63) is 52.2 Å². The number of nitrogens with one attached hydrogen (secondary N) is 2. The Bertz CT molecular complexity index is 852. The first-order valence-electron chi connectivity index (χ1n) is 10.6. The summed E-state index contributed by atoms with van der Waals surface area (Å²) in [7, 11) is 0. The van der Waals surface area contributed by atoms with Gasteiger partial charge in [-0.05, 0) is 66.1 Å². The Hall–Kier alpha value is -2.34. The highest BCUT2D eigenvalue weighted by atomic mass is 32.1. The molecule has 6 heteroatoms. The second-order valence-corrected chi connectivity index (χ2v) is 8.99. The summed E-state index contributed by atoms with van der Waals surface area (Å²) < 4.78 is 0. The average Bonchev–Trinajstić information content (AvgIpc) is 3.37. The Morgan fingerprint density at radius 2 is 2.14 bits per heavy atom. The predicted octanol–water partition coefficient (Wildman–Crippen LogP) is 3.29. The van der Waals surface area contributed by atoms with Crippen molar-refractivity contribution < 1.29 is 9.59 Å². The summed E-state index contributed by atoms with van der Waals surface area (Å²) in [6, 6.07) is 10.7. The van der Waals surface area contributed by atoms with Gasteiger partial charge in [0.1, 0.15) is 0 Å². The maximum atomic E-state index is 12.5. The van der Waals surface area contributed by atoms with Gasteiger partial charge in [0.15, 0.2) is 0 Å². The van der Waals surface area contributed by atoms with Gasteiger partial charge in [-0.2, -0.15) is 11.3 Å². The Labute approximate surface area is 176 Å². The van der Waals surface area contributed by atoms with Crippen molar-refractivity contribution in [3.63, 3.8) is 0 Å². The van der Waals surface area contributed by atoms with Crippen molar-refractivity contribution in [1.29, 1.82) is 0 Å². The van der Waals surface area contributed by atoms with Gasteiger partial charge in [-0.3, -0.25) is 9.59 Å². The lowest BCUT2D eigenvalue weighted by Gasteiger charge is -2.31. The van der Waals surface area contributed by atoms with Crippen LogP contribution in [0.15, 0.2) is 41.1 Å². The van der Waals surface area contributed by atoms with E-state index in [1.54, 1.807) is 11.3 Å². The first kappa shape index (κ1) is 20.0. The van der Waals surface area contributed by atoms with Crippen LogP contribution in [0.2, 0.25) is 0 Å². The third-order valence-corrected chi connectivity index (χ3v) is 6.83. The summed E-state index contributed by atoms with van der Waals surface area (Å²) in [5, 5.41) is 10.4. The number of carbonyl (C=O) groups excluding carboxylic acids is 2. The summed E-state index contributed by atoms with van der Waals surface area (Å²) in [6.07, 6.45) is 5.60. The lowest BCUT2D eigenvalue weighted by atomic mass is 9.85. The third kappa shape index (κ3) is 4.99. The number of fused-ring (bicyclic) bond motifs is 1. The van der Waals surface area contributed by atoms with Crippen molar-refractivity contribution in [3.8, 4) is 0 Å². The molecule has 1 aromatic heterocycles. The molecule has 3 heterocycles. The van der Waals surface area contributed by atoms with Crippen LogP contribution in [0.5, 0.6) is 0 Å². The summed E-state index contributed by atoms with van der Waals surface area (Å²) in [4.78, 5) is 26.7. The van der Waals surface area contributed by atoms with Crippen LogP contribution in [0, 0.1) is 0 Å². The summed E-state index contributed by atoms with van der Waals surface area (Å²) in [6.45, 7) is 2.53. The van der Waals surface area contributed by atoms with Crippen LogP contribution in [0.3, 0.4) is 0 Å². The zero-order chi connectivity index (χ0) is 20.1. The van der Waals surface area contributed by atoms with Crippen LogP contribution < -0.4 is 15.5 Å². The molecule has 2 aromatic rings. The molecule has 2 aliphatic heterocycles. The van der Waals surface area contributed by atoms with E-state index in [0.29, 0.717) is 25.8 Å². The van der Waals surface area contributed by atoms with E-state index in [0.717, 1.165) is 38.8 Å². The van der Waals surface area contributed by atoms with Crippen LogP contribution in [0.1, 0.15) is 43.2 Å². The Morgan fingerprint density at radius 3 is 2.93 bits per heavy atom. The largest absolute Gasteiger partial charge is 0.370 e. The first-order chi connectivity index (χ1) is 14.1. The molecular weight excluding hydrogens is 382 g/mol. The number of thiophene rings is 1. The molecule has 4 rings (SSSR count). The molecule has 1 aromatic carbocycles. The molecule has 0 radical (unpaired) electrons. The van der Waals surface area contributed by atoms with Crippen LogP contribution in [-0.2, 0) is 22.4 Å². The molecule has 0 saturated carbocycles. The predicted molar refractivity (Wildman–Crippen MR) is 117 cm³/mol. The normalized spacial score (nSPS) is 21.0. The van der Waals surface area contributed by atoms with Crippen molar-refractivity contribution in [2.75, 3.05) is 24.5 Å². The smallest absolute Gasteiger partial charge is 0.220 e. The lowest BCUT2D eigenvalue weighted by molar-refractivity contribution is -0.122. The zero-order valence-electron chi connectivity index (χ0n) is 16.8. The topological polar surface area (TPSA) is 61.4 Å². The lowest BCUT2D eigenvalue weighted by Crippen LogP contribution is -2.45. The number of hydrogen-bond donors (Lipinski definition) is 2. The molecule has 2 aliphatic rings. The molecule has 29 heavy (non-hydrogen) atoms. The number of amides is 2. The standard InChI is InChI=1S/C23H29N3O2S/c27-21(24-12-14-26-13-3-5-19-4-1-2-6-20(19)26)7-10-23(11-8-22(28)25-23)16-18-9-15-29-17-18/h1-2,4,6,9,15,17H,3,5,7-8,10-14,16H2,(H,24,27)(H,25,28). The molecule has 1 atom stereocenters. The van der Waals surface area contributed by atoms with Gasteiger partial charge in [-0.25, -0.2) is 0 Å². The molecule has 1 unspecified atom stereocenters. The van der Waals surface area contributed by atoms with E-state index in [-0.39, 0.29) is 17.4 Å². The van der Waals surface area contributed by atoms with Gasteiger partial charge in [0.05, 0.1) is 0 Å². The van der Waals surface area contributed by atoms with E-state index in [9.17, 15) is 9.59 Å². The minimum atomic E-state index is -0.276. The van der Waals surface area contributed by atoms with E-state index >= 15 is 0 Å². The number of rotatable bonds is 8. The number of hydrogen-bond acceptors (Lipinski definition) is 4. The minimum absolute atomic E-state index is 0.0705. The molecule has 0 aliphatic carbocycles. The van der Waals surface area contributed by atoms with Gasteiger partial charge in [0.25, 0.3) is 0 Å². The van der Waals surface area contributed by atoms with Crippen LogP contribution in [-0.4, -0.2) is 37.0 Å². The second kappa shape index (κ2) is 8.99. The monoisotopic (exact) mass is 411 g/mol. The second-order valence-electron chi connectivity index (χ2n) is 8.21. The first-order valence-corrected chi connectivity index (χ1v) is 11.5. The highest BCUT2D eigenvalue weighted by molar-refractivity contribution is 7.07. The van der Waals surface area contributed by atoms with Crippen molar-refractivity contribution >= 4 is 28.8 Å². The van der Waals surface area contributed by atoms with E-state index < -0.39 is 0 Å². The van der Waals surface area contributed by atoms with E-state index in [1.807, 2.05) is 0 Å². The molecule has 0 spiro atoms. The molecule has 2 N–H and O–H groups in total. The SMILES string of the molecule is O=C(CCC1(Cc2ccsc2)CCC(=O)N1)NCCN1CCCc2ccccc21. The number of benzene rings is 1. The van der Waals surface area contributed by atoms with Gasteiger partial charge in [-0.15, -0.1) is 0 Å². The molecule has 5 nitrogen and oxygen atoms in total. The fourth-order valence-corrected chi connectivity index (χ4v) is 5.25. The van der Waals surface area contributed by atoms with E-state index in [1.165, 1.54) is 16.8 Å². The van der Waals surface area contributed by atoms with Crippen LogP contribution >= 0.6 is 11.3 Å². The average molecular weight is 412 g/mol. The molecular formula is C23H29N3O2S. The van der Waals surface area contributed by atoms with Gasteiger partial charge in [0, 0.05) is 43.7 Å². The van der Waals surface area contributed by atoms with Gasteiger partial charge >= 0.3 is 0 Å². The Balaban J connectivity index is 1.26. The summed E-state index contributed by atoms with van der Waals surface area (Å²) in [5.74, 6) is 0.172. The summed E-state index contributed by atoms with van der Waals surface area (Å²) in [5.41, 5.74) is 3.66. The molecule has 2 amide bonds. The molecule has 154 valence electrons. The summed E-state index contributed by atoms with van der Waals surface area (Å²) >= 11 is 1.67. The molecule has 1 fully saturated rings. The molecule has 1 saturated heterocycles. The number of carbonyl (C=O) groups is 2. The zero-order valence-corrected chi connectivity index (χ0v) is 17.6. The Kier molecular flexibility index (Phi) is 6.19. The maximum absolute atomic E-state index is 12.5. The van der Waals surface area contributed by atoms with Gasteiger partial charge in [-0.1, -0.05) is 18.2 Å². The number of nitrogens with zero attached hydrogens (tertiary/aromatic N) is 1. The highest BCUT2D eigenvalue weighted by Gasteiger charge is 2.37. The maximum Gasteiger partial charge on any atom is 0.220 e. The number of aryl methyl sites for hydroxylation is 1. The van der Waals surface area contributed by atoms with Gasteiger partial charge in [0.2, 0.25) is 11.8 Å². The third-order valence-electron chi connectivity index (χ3n) is 6.10. The van der Waals surface area contributed by atoms with Crippen molar-refractivity contribution in [1.82, 2.24) is 10.6 Å². The van der Waals surface area contributed by atoms with Gasteiger partial charge < -0.3 is 15.5 Å². The Morgan fingerprint density at radius 1 is 1.24 bits per heavy atom. The van der Waals surface area contributed by atoms with Crippen molar-refractivity contribution in [2.24, 2.45) is 0 Å². The number of anilines is 1. The number of para-hydroxylation sites is 1. The van der Waals surface area contributed by atoms with Crippen LogP contribution in [0.25, 0.3) is 0 Å². The van der Waals surface area contributed by atoms with Crippen molar-refractivity contribution in [2.45, 2.75) is 50.5 Å².